The fraction of sp³-hybridized carbons (Fsp3) is 0.375. The molecule has 0 radical (unpaired) electrons. The van der Waals surface area contributed by atoms with Crippen LogP contribution in [0, 0.1) is 11.6 Å². The van der Waals surface area contributed by atoms with Crippen molar-refractivity contribution in [2.24, 2.45) is 0 Å². The molecule has 0 aromatic heterocycles. The molecule has 0 spiro atoms. The molecule has 10 heteroatoms. The van der Waals surface area contributed by atoms with E-state index in [-0.39, 0.29) is 23.1 Å². The molecule has 3 aromatic carbocycles. The van der Waals surface area contributed by atoms with E-state index in [1.165, 1.54) is 18.2 Å². The Morgan fingerprint density at radius 2 is 1.60 bits per heavy atom. The second kappa shape index (κ2) is 12.6. The Morgan fingerprint density at radius 3 is 2.31 bits per heavy atom. The van der Waals surface area contributed by atoms with E-state index in [2.05, 4.69) is 10.2 Å². The molecule has 1 aliphatic heterocycles. The molecule has 2 aliphatic rings. The summed E-state index contributed by atoms with van der Waals surface area (Å²) in [5, 5.41) is 4.98. The first-order valence-electron chi connectivity index (χ1n) is 14.1. The van der Waals surface area contributed by atoms with Crippen molar-refractivity contribution in [3.8, 4) is 11.1 Å². The van der Waals surface area contributed by atoms with E-state index in [0.29, 0.717) is 28.7 Å². The van der Waals surface area contributed by atoms with Gasteiger partial charge in [-0.25, -0.2) is 8.78 Å². The maximum Gasteiger partial charge on any atom is 0.405 e. The van der Waals surface area contributed by atoms with Crippen molar-refractivity contribution in [2.75, 3.05) is 26.2 Å². The van der Waals surface area contributed by atoms with Gasteiger partial charge in [0.05, 0.1) is 5.92 Å². The van der Waals surface area contributed by atoms with Gasteiger partial charge < -0.3 is 15.5 Å². The molecule has 1 fully saturated rings. The monoisotopic (exact) mass is 585 g/mol. The van der Waals surface area contributed by atoms with Crippen LogP contribution in [0.2, 0.25) is 0 Å². The summed E-state index contributed by atoms with van der Waals surface area (Å²) in [6, 6.07) is 15.7. The van der Waals surface area contributed by atoms with Crippen LogP contribution in [0.5, 0.6) is 0 Å². The first-order chi connectivity index (χ1) is 20.1. The molecule has 222 valence electrons. The summed E-state index contributed by atoms with van der Waals surface area (Å²) in [5.41, 5.74) is 2.90. The zero-order valence-corrected chi connectivity index (χ0v) is 22.9. The van der Waals surface area contributed by atoms with E-state index in [1.807, 2.05) is 23.5 Å². The van der Waals surface area contributed by atoms with Crippen LogP contribution in [-0.4, -0.2) is 55.1 Å². The van der Waals surface area contributed by atoms with Crippen LogP contribution in [-0.2, 0) is 11.2 Å². The van der Waals surface area contributed by atoms with Crippen LogP contribution in [0.4, 0.5) is 22.0 Å². The zero-order chi connectivity index (χ0) is 29.9. The minimum Gasteiger partial charge on any atom is -0.349 e. The van der Waals surface area contributed by atoms with Gasteiger partial charge in [0.2, 0.25) is 5.91 Å². The van der Waals surface area contributed by atoms with E-state index >= 15 is 0 Å². The number of nitrogens with zero attached hydrogens (tertiary/aromatic N) is 1. The number of nitrogens with one attached hydrogen (secondary N) is 2. The molecule has 1 atom stereocenters. The minimum atomic E-state index is -4.61. The Bertz CT molecular complexity index is 1440. The largest absolute Gasteiger partial charge is 0.405 e. The third-order valence-electron chi connectivity index (χ3n) is 7.97. The summed E-state index contributed by atoms with van der Waals surface area (Å²) in [6.07, 6.45) is -0.861. The summed E-state index contributed by atoms with van der Waals surface area (Å²) in [5.74, 6) is -3.46. The highest BCUT2D eigenvalue weighted by Gasteiger charge is 2.38. The Balaban J connectivity index is 1.19. The Morgan fingerprint density at radius 1 is 0.881 bits per heavy atom. The summed E-state index contributed by atoms with van der Waals surface area (Å²) in [6.45, 7) is 1.01. The number of hydrogen-bond donors (Lipinski definition) is 2. The van der Waals surface area contributed by atoms with Crippen molar-refractivity contribution in [1.82, 2.24) is 15.5 Å². The number of aryl methyl sites for hydroxylation is 1. The lowest BCUT2D eigenvalue weighted by Crippen LogP contribution is -2.44. The molecule has 1 heterocycles. The zero-order valence-electron chi connectivity index (χ0n) is 22.9. The van der Waals surface area contributed by atoms with Gasteiger partial charge >= 0.3 is 6.18 Å². The van der Waals surface area contributed by atoms with Gasteiger partial charge in [0.1, 0.15) is 18.2 Å². The summed E-state index contributed by atoms with van der Waals surface area (Å²) < 4.78 is 67.2. The normalized spacial score (nSPS) is 17.0. The Kier molecular flexibility index (Phi) is 8.91. The second-order valence-corrected chi connectivity index (χ2v) is 10.9. The highest BCUT2D eigenvalue weighted by Crippen LogP contribution is 2.47. The van der Waals surface area contributed by atoms with Crippen molar-refractivity contribution < 1.29 is 31.5 Å². The lowest BCUT2D eigenvalue weighted by molar-refractivity contribution is -0.138. The third kappa shape index (κ3) is 6.98. The number of amides is 2. The number of fused-ring (bicyclic) bond motifs is 3. The second-order valence-electron chi connectivity index (χ2n) is 10.9. The van der Waals surface area contributed by atoms with Gasteiger partial charge in [-0.2, -0.15) is 13.2 Å². The van der Waals surface area contributed by atoms with Crippen LogP contribution in [0.1, 0.15) is 58.6 Å². The maximum absolute atomic E-state index is 14.7. The van der Waals surface area contributed by atoms with Crippen molar-refractivity contribution in [2.45, 2.75) is 50.2 Å². The number of hydrogen-bond acceptors (Lipinski definition) is 3. The molecule has 0 bridgehead atoms. The fourth-order valence-electron chi connectivity index (χ4n) is 5.99. The smallest absolute Gasteiger partial charge is 0.349 e. The SMILES string of the molecule is O=C(NC1CCN(CCCCc2cc(F)cc3c2-c2ccc(F)cc2C3C(=O)NCC(F)(F)F)CC1)c1ccccc1. The molecule has 2 N–H and O–H groups in total. The van der Waals surface area contributed by atoms with Crippen molar-refractivity contribution in [1.29, 1.82) is 0 Å². The average Bonchev–Trinajstić information content (AvgIpc) is 3.27. The first-order valence-corrected chi connectivity index (χ1v) is 14.1. The topological polar surface area (TPSA) is 61.4 Å². The van der Waals surface area contributed by atoms with E-state index in [9.17, 15) is 31.5 Å². The number of benzene rings is 3. The highest BCUT2D eigenvalue weighted by molar-refractivity contribution is 5.97. The number of likely N-dealkylation sites (tertiary alicyclic amines) is 1. The molecule has 5 nitrogen and oxygen atoms in total. The Labute approximate surface area is 241 Å². The van der Waals surface area contributed by atoms with E-state index in [1.54, 1.807) is 12.1 Å². The minimum absolute atomic E-state index is 0.0685. The molecule has 1 aliphatic carbocycles. The molecular weight excluding hydrogens is 553 g/mol. The van der Waals surface area contributed by atoms with Gasteiger partial charge in [0.15, 0.2) is 0 Å². The number of carbonyl (C=O) groups excluding carboxylic acids is 2. The summed E-state index contributed by atoms with van der Waals surface area (Å²) in [7, 11) is 0. The highest BCUT2D eigenvalue weighted by atomic mass is 19.4. The molecule has 5 rings (SSSR count). The third-order valence-corrected chi connectivity index (χ3v) is 7.97. The van der Waals surface area contributed by atoms with Crippen LogP contribution in [0.25, 0.3) is 11.1 Å². The van der Waals surface area contributed by atoms with Crippen molar-refractivity contribution in [3.05, 3.63) is 94.6 Å². The quantitative estimate of drug-likeness (QED) is 0.240. The maximum atomic E-state index is 14.7. The van der Waals surface area contributed by atoms with Crippen LogP contribution >= 0.6 is 0 Å². The summed E-state index contributed by atoms with van der Waals surface area (Å²) >= 11 is 0. The number of halogens is 5. The molecule has 1 unspecified atom stereocenters. The van der Waals surface area contributed by atoms with E-state index in [4.69, 9.17) is 0 Å². The predicted octanol–water partition coefficient (Wildman–Crippen LogP) is 5.97. The number of piperidine rings is 1. The van der Waals surface area contributed by atoms with Gasteiger partial charge in [-0.05, 0) is 103 Å². The van der Waals surface area contributed by atoms with Crippen LogP contribution in [0.3, 0.4) is 0 Å². The van der Waals surface area contributed by atoms with Gasteiger partial charge in [0.25, 0.3) is 5.91 Å². The number of rotatable bonds is 9. The van der Waals surface area contributed by atoms with Gasteiger partial charge in [-0.15, -0.1) is 0 Å². The van der Waals surface area contributed by atoms with E-state index in [0.717, 1.165) is 57.5 Å². The first kappa shape index (κ1) is 29.7. The number of carbonyl (C=O) groups is 2. The average molecular weight is 586 g/mol. The fourth-order valence-corrected chi connectivity index (χ4v) is 5.99. The summed E-state index contributed by atoms with van der Waals surface area (Å²) in [4.78, 5) is 27.6. The van der Waals surface area contributed by atoms with Gasteiger partial charge in [-0.3, -0.25) is 9.59 Å². The standard InChI is InChI=1S/C32H32F5N3O2/c33-22-9-10-25-26(17-22)29(31(42)38-19-32(35,36)37)27-18-23(34)16-21(28(25)27)8-4-5-13-40-14-11-24(12-15-40)39-30(41)20-6-2-1-3-7-20/h1-3,6-7,9-10,16-18,24,29H,4-5,8,11-15,19H2,(H,38,42)(H,39,41). The molecule has 0 saturated carbocycles. The molecule has 2 amide bonds. The molecule has 42 heavy (non-hydrogen) atoms. The van der Waals surface area contributed by atoms with Gasteiger partial charge in [-0.1, -0.05) is 24.3 Å². The van der Waals surface area contributed by atoms with Crippen LogP contribution in [0.15, 0.2) is 60.7 Å². The van der Waals surface area contributed by atoms with Crippen molar-refractivity contribution >= 4 is 11.8 Å². The molecular formula is C32H32F5N3O2. The lowest BCUT2D eigenvalue weighted by atomic mass is 9.93. The number of unbranched alkanes of at least 4 members (excludes halogenated alkanes) is 1. The predicted molar refractivity (Wildman–Crippen MR) is 149 cm³/mol. The van der Waals surface area contributed by atoms with Gasteiger partial charge in [0, 0.05) is 24.7 Å². The molecule has 3 aromatic rings. The Hall–Kier alpha value is -3.79. The lowest BCUT2D eigenvalue weighted by Gasteiger charge is -2.32. The molecule has 1 saturated heterocycles. The number of alkyl halides is 3. The van der Waals surface area contributed by atoms with Crippen LogP contribution < -0.4 is 10.6 Å². The van der Waals surface area contributed by atoms with Crippen molar-refractivity contribution in [3.63, 3.8) is 0 Å². The van der Waals surface area contributed by atoms with E-state index < -0.39 is 36.2 Å².